The average Bonchev–Trinajstić information content (AvgIpc) is 2.82. The molecule has 1 aromatic rings. The van der Waals surface area contributed by atoms with Gasteiger partial charge in [0.25, 0.3) is 0 Å². The Hall–Kier alpha value is -1.90. The lowest BCUT2D eigenvalue weighted by Crippen LogP contribution is -2.32. The minimum atomic E-state index is 0.0728. The van der Waals surface area contributed by atoms with E-state index in [0.29, 0.717) is 0 Å². The van der Waals surface area contributed by atoms with E-state index in [4.69, 9.17) is 0 Å². The second-order valence-corrected chi connectivity index (χ2v) is 5.11. The molecule has 3 nitrogen and oxygen atoms in total. The van der Waals surface area contributed by atoms with Crippen molar-refractivity contribution < 1.29 is 9.37 Å². The van der Waals surface area contributed by atoms with Gasteiger partial charge < -0.3 is 0 Å². The summed E-state index contributed by atoms with van der Waals surface area (Å²) in [5, 5.41) is 0. The normalized spacial score (nSPS) is 22.1. The van der Waals surface area contributed by atoms with Crippen molar-refractivity contribution in [3.8, 4) is 0 Å². The lowest BCUT2D eigenvalue weighted by atomic mass is 10.1. The van der Waals surface area contributed by atoms with Crippen molar-refractivity contribution in [1.29, 1.82) is 0 Å². The third kappa shape index (κ3) is 1.43. The Morgan fingerprint density at radius 1 is 1.28 bits per heavy atom. The number of carbonyl (C=O) groups excluding carboxylic acids is 1. The summed E-state index contributed by atoms with van der Waals surface area (Å²) in [6.45, 7) is 6.18. The van der Waals surface area contributed by atoms with Gasteiger partial charge >= 0.3 is 6.03 Å². The number of carbonyl (C=O) groups is 1. The first-order valence-electron chi connectivity index (χ1n) is 6.33. The van der Waals surface area contributed by atoms with Gasteiger partial charge in [-0.25, -0.2) is 0 Å². The van der Waals surface area contributed by atoms with E-state index in [1.165, 1.54) is 0 Å². The molecule has 92 valence electrons. The molecular weight excluding hydrogens is 224 g/mol. The van der Waals surface area contributed by atoms with Crippen molar-refractivity contribution in [2.24, 2.45) is 0 Å². The van der Waals surface area contributed by atoms with Gasteiger partial charge in [0.05, 0.1) is 0 Å². The number of allylic oxidation sites excluding steroid dienone is 1. The third-order valence-electron chi connectivity index (χ3n) is 3.74. The number of benzene rings is 1. The molecule has 2 amide bonds. The summed E-state index contributed by atoms with van der Waals surface area (Å²) in [6, 6.07) is 6.47. The van der Waals surface area contributed by atoms with E-state index in [0.717, 1.165) is 28.9 Å². The van der Waals surface area contributed by atoms with Crippen LogP contribution in [0.15, 0.2) is 30.0 Å². The predicted molar refractivity (Wildman–Crippen MR) is 71.3 cm³/mol. The fraction of sp³-hybridized carbons (Fsp3) is 0.333. The Kier molecular flexibility index (Phi) is 2.37. The highest BCUT2D eigenvalue weighted by molar-refractivity contribution is 5.93. The van der Waals surface area contributed by atoms with Gasteiger partial charge in [-0.15, -0.1) is 0 Å². The molecule has 0 spiro atoms. The van der Waals surface area contributed by atoms with Crippen LogP contribution in [0.5, 0.6) is 0 Å². The second-order valence-electron chi connectivity index (χ2n) is 5.11. The number of nitrogens with zero attached hydrogens (tertiary/aromatic N) is 2. The van der Waals surface area contributed by atoms with Gasteiger partial charge in [-0.05, 0) is 38.0 Å². The van der Waals surface area contributed by atoms with E-state index in [1.54, 1.807) is 4.58 Å². The first-order chi connectivity index (χ1) is 8.59. The fourth-order valence-electron chi connectivity index (χ4n) is 2.81. The molecule has 1 unspecified atom stereocenters. The van der Waals surface area contributed by atoms with Gasteiger partial charge in [-0.1, -0.05) is 18.2 Å². The number of hydrogen-bond donors (Lipinski definition) is 0. The van der Waals surface area contributed by atoms with E-state index in [-0.39, 0.29) is 12.1 Å². The number of aryl methyl sites for hydroxylation is 2. The van der Waals surface area contributed by atoms with Crippen LogP contribution in [0.25, 0.3) is 0 Å². The summed E-state index contributed by atoms with van der Waals surface area (Å²) >= 11 is 0. The Balaban J connectivity index is 2.12. The molecule has 3 rings (SSSR count). The van der Waals surface area contributed by atoms with Crippen LogP contribution in [-0.4, -0.2) is 27.8 Å². The maximum atomic E-state index is 12.5. The van der Waals surface area contributed by atoms with Crippen LogP contribution in [0.4, 0.5) is 10.5 Å². The highest BCUT2D eigenvalue weighted by atomic mass is 16.2. The molecule has 18 heavy (non-hydrogen) atoms. The van der Waals surface area contributed by atoms with E-state index < -0.39 is 0 Å². The van der Waals surface area contributed by atoms with E-state index in [9.17, 15) is 4.79 Å². The van der Waals surface area contributed by atoms with Crippen LogP contribution in [0, 0.1) is 13.8 Å². The maximum absolute atomic E-state index is 12.5. The molecule has 0 saturated carbocycles. The van der Waals surface area contributed by atoms with Crippen LogP contribution in [0.2, 0.25) is 0 Å². The molecule has 0 radical (unpaired) electrons. The Labute approximate surface area is 107 Å². The molecule has 2 heterocycles. The molecule has 3 heteroatoms. The summed E-state index contributed by atoms with van der Waals surface area (Å²) in [5.41, 5.74) is 4.32. The molecule has 0 aromatic heterocycles. The van der Waals surface area contributed by atoms with Gasteiger partial charge in [-0.3, -0.25) is 0 Å². The maximum Gasteiger partial charge on any atom is 0.504 e. The largest absolute Gasteiger partial charge is 0.504 e. The van der Waals surface area contributed by atoms with Gasteiger partial charge in [0, 0.05) is 6.42 Å². The smallest absolute Gasteiger partial charge is 0.196 e. The van der Waals surface area contributed by atoms with Gasteiger partial charge in [0.2, 0.25) is 0 Å². The van der Waals surface area contributed by atoms with E-state index in [1.807, 2.05) is 43.2 Å². The van der Waals surface area contributed by atoms with Crippen molar-refractivity contribution in [3.05, 3.63) is 41.1 Å². The molecule has 1 aromatic carbocycles. The quantitative estimate of drug-likeness (QED) is 0.693. The van der Waals surface area contributed by atoms with Crippen molar-refractivity contribution in [2.75, 3.05) is 0 Å². The number of amides is 2. The van der Waals surface area contributed by atoms with Crippen LogP contribution in [-0.2, 0) is 0 Å². The highest BCUT2D eigenvalue weighted by Crippen LogP contribution is 2.31. The Morgan fingerprint density at radius 3 is 2.56 bits per heavy atom. The van der Waals surface area contributed by atoms with Crippen molar-refractivity contribution in [1.82, 2.24) is 4.90 Å². The molecule has 1 atom stereocenters. The molecule has 0 bridgehead atoms. The van der Waals surface area contributed by atoms with Crippen molar-refractivity contribution in [2.45, 2.75) is 33.2 Å². The molecule has 2 aliphatic rings. The molecule has 0 aliphatic carbocycles. The summed E-state index contributed by atoms with van der Waals surface area (Å²) in [7, 11) is 0. The standard InChI is InChI=1S/C15H17N2O/c1-10-5-4-6-11(2)14(10)16-9-13-8-7-12(3)17(13)15(16)18/h4-6,8-9,12H,7H2,1-3H3/q+1. The SMILES string of the molecule is Cc1cccc(C)c1[N+]1=CC2=CCC(C)N2C1=O. The topological polar surface area (TPSA) is 23.3 Å². The molecule has 0 fully saturated rings. The highest BCUT2D eigenvalue weighted by Gasteiger charge is 2.44. The second kappa shape index (κ2) is 3.80. The number of para-hydroxylation sites is 1. The summed E-state index contributed by atoms with van der Waals surface area (Å²) in [6.07, 6.45) is 5.05. The summed E-state index contributed by atoms with van der Waals surface area (Å²) < 4.78 is 1.78. The molecule has 2 aliphatic heterocycles. The zero-order chi connectivity index (χ0) is 12.9. The lowest BCUT2D eigenvalue weighted by Gasteiger charge is -2.12. The van der Waals surface area contributed by atoms with Crippen molar-refractivity contribution >= 4 is 17.9 Å². The fourth-order valence-corrected chi connectivity index (χ4v) is 2.81. The van der Waals surface area contributed by atoms with Crippen LogP contribution in [0.1, 0.15) is 24.5 Å². The zero-order valence-corrected chi connectivity index (χ0v) is 11.0. The Bertz CT molecular complexity index is 578. The number of rotatable bonds is 1. The molecule has 0 N–H and O–H groups in total. The number of hydrogen-bond acceptors (Lipinski definition) is 1. The van der Waals surface area contributed by atoms with Gasteiger partial charge in [0.1, 0.15) is 17.9 Å². The molecular formula is C15H17N2O+. The van der Waals surface area contributed by atoms with E-state index in [2.05, 4.69) is 13.0 Å². The summed E-state index contributed by atoms with van der Waals surface area (Å²) in [5.74, 6) is 0. The molecule has 0 saturated heterocycles. The van der Waals surface area contributed by atoms with Crippen LogP contribution >= 0.6 is 0 Å². The summed E-state index contributed by atoms with van der Waals surface area (Å²) in [4.78, 5) is 14.4. The monoisotopic (exact) mass is 241 g/mol. The predicted octanol–water partition coefficient (Wildman–Crippen LogP) is 3.13. The first kappa shape index (κ1) is 11.2. The zero-order valence-electron chi connectivity index (χ0n) is 11.0. The number of urea groups is 1. The average molecular weight is 241 g/mol. The lowest BCUT2D eigenvalue weighted by molar-refractivity contribution is -0.329. The van der Waals surface area contributed by atoms with E-state index >= 15 is 0 Å². The van der Waals surface area contributed by atoms with Crippen molar-refractivity contribution in [3.63, 3.8) is 0 Å². The Morgan fingerprint density at radius 2 is 1.94 bits per heavy atom. The van der Waals surface area contributed by atoms with Gasteiger partial charge in [-0.2, -0.15) is 14.3 Å². The first-order valence-corrected chi connectivity index (χ1v) is 6.33. The van der Waals surface area contributed by atoms with Gasteiger partial charge in [0.15, 0.2) is 5.70 Å². The van der Waals surface area contributed by atoms with Crippen LogP contribution in [0.3, 0.4) is 0 Å². The van der Waals surface area contributed by atoms with Crippen LogP contribution < -0.4 is 0 Å². The minimum absolute atomic E-state index is 0.0728. The third-order valence-corrected chi connectivity index (χ3v) is 3.74. The minimum Gasteiger partial charge on any atom is -0.196 e. The number of fused-ring (bicyclic) bond motifs is 1.